The molecule has 1 aliphatic rings. The number of nitrogens with one attached hydrogen (secondary N) is 2. The number of benzene rings is 3. The Morgan fingerprint density at radius 3 is 2.03 bits per heavy atom. The third-order valence-electron chi connectivity index (χ3n) is 7.01. The maximum atomic E-state index is 13.8. The van der Waals surface area contributed by atoms with Gasteiger partial charge in [0.25, 0.3) is 0 Å². The molecule has 2 N–H and O–H groups in total. The molecule has 1 aliphatic heterocycles. The molecule has 0 spiro atoms. The maximum Gasteiger partial charge on any atom is 0.317 e. The quantitative estimate of drug-likeness (QED) is 0.431. The summed E-state index contributed by atoms with van der Waals surface area (Å²) in [7, 11) is 0. The minimum absolute atomic E-state index is 0.00295. The molecule has 2 atom stereocenters. The summed E-state index contributed by atoms with van der Waals surface area (Å²) in [4.78, 5) is 14.6. The van der Waals surface area contributed by atoms with Crippen molar-refractivity contribution in [2.75, 3.05) is 19.6 Å². The van der Waals surface area contributed by atoms with Crippen molar-refractivity contribution < 1.29 is 13.6 Å². The highest BCUT2D eigenvalue weighted by atomic mass is 19.1. The van der Waals surface area contributed by atoms with Crippen LogP contribution in [-0.4, -0.2) is 36.6 Å². The minimum Gasteiger partial charge on any atom is -0.338 e. The highest BCUT2D eigenvalue weighted by molar-refractivity contribution is 5.74. The number of hydrogen-bond acceptors (Lipinski definition) is 2. The molecular formula is C30H35F2N3O. The van der Waals surface area contributed by atoms with Gasteiger partial charge in [0.1, 0.15) is 11.6 Å². The Hall–Kier alpha value is -3.25. The third kappa shape index (κ3) is 6.30. The summed E-state index contributed by atoms with van der Waals surface area (Å²) >= 11 is 0. The lowest BCUT2D eigenvalue weighted by atomic mass is 9.74. The van der Waals surface area contributed by atoms with Crippen LogP contribution in [0.4, 0.5) is 13.6 Å². The Morgan fingerprint density at radius 2 is 1.50 bits per heavy atom. The zero-order valence-electron chi connectivity index (χ0n) is 21.2. The summed E-state index contributed by atoms with van der Waals surface area (Å²) in [6.07, 6.45) is 0.783. The molecular weight excluding hydrogens is 456 g/mol. The van der Waals surface area contributed by atoms with E-state index >= 15 is 0 Å². The van der Waals surface area contributed by atoms with Gasteiger partial charge in [-0.3, -0.25) is 0 Å². The van der Waals surface area contributed by atoms with Crippen LogP contribution in [0.25, 0.3) is 0 Å². The molecule has 3 aromatic carbocycles. The van der Waals surface area contributed by atoms with Crippen LogP contribution in [0.2, 0.25) is 0 Å². The van der Waals surface area contributed by atoms with E-state index in [0.717, 1.165) is 17.5 Å². The Morgan fingerprint density at radius 1 is 0.944 bits per heavy atom. The summed E-state index contributed by atoms with van der Waals surface area (Å²) in [6, 6.07) is 19.6. The van der Waals surface area contributed by atoms with E-state index < -0.39 is 0 Å². The Labute approximate surface area is 212 Å². The van der Waals surface area contributed by atoms with Crippen molar-refractivity contribution >= 4 is 6.03 Å². The van der Waals surface area contributed by atoms with Crippen LogP contribution in [0.1, 0.15) is 47.1 Å². The topological polar surface area (TPSA) is 44.4 Å². The third-order valence-corrected chi connectivity index (χ3v) is 7.01. The molecule has 0 aromatic heterocycles. The molecule has 3 aromatic rings. The second-order valence-electron chi connectivity index (χ2n) is 9.80. The molecule has 36 heavy (non-hydrogen) atoms. The molecule has 6 heteroatoms. The monoisotopic (exact) mass is 491 g/mol. The van der Waals surface area contributed by atoms with Gasteiger partial charge in [0.05, 0.1) is 0 Å². The van der Waals surface area contributed by atoms with Gasteiger partial charge in [0, 0.05) is 44.1 Å². The average molecular weight is 492 g/mol. The van der Waals surface area contributed by atoms with Crippen LogP contribution < -0.4 is 10.6 Å². The summed E-state index contributed by atoms with van der Waals surface area (Å²) < 4.78 is 27.7. The van der Waals surface area contributed by atoms with E-state index in [4.69, 9.17) is 0 Å². The minimum atomic E-state index is -0.298. The van der Waals surface area contributed by atoms with E-state index in [2.05, 4.69) is 42.7 Å². The largest absolute Gasteiger partial charge is 0.338 e. The van der Waals surface area contributed by atoms with Crippen LogP contribution in [0, 0.1) is 31.4 Å². The number of halogens is 2. The second-order valence-corrected chi connectivity index (χ2v) is 9.80. The van der Waals surface area contributed by atoms with Gasteiger partial charge in [-0.25, -0.2) is 13.6 Å². The number of carbonyl (C=O) groups excluding carboxylic acids is 1. The van der Waals surface area contributed by atoms with E-state index in [1.165, 1.54) is 41.0 Å². The van der Waals surface area contributed by atoms with Crippen LogP contribution in [0.15, 0.2) is 66.7 Å². The van der Waals surface area contributed by atoms with Crippen molar-refractivity contribution in [1.82, 2.24) is 15.5 Å². The number of rotatable bonds is 7. The van der Waals surface area contributed by atoms with Crippen LogP contribution in [0.3, 0.4) is 0 Å². The van der Waals surface area contributed by atoms with Crippen molar-refractivity contribution in [3.05, 3.63) is 106 Å². The number of urea groups is 1. The van der Waals surface area contributed by atoms with E-state index in [1.54, 1.807) is 24.3 Å². The lowest BCUT2D eigenvalue weighted by Crippen LogP contribution is -2.54. The van der Waals surface area contributed by atoms with Gasteiger partial charge in [0.15, 0.2) is 0 Å². The number of carbonyl (C=O) groups is 1. The molecule has 1 saturated heterocycles. The molecule has 0 bridgehead atoms. The van der Waals surface area contributed by atoms with Crippen molar-refractivity contribution in [1.29, 1.82) is 0 Å². The smallest absolute Gasteiger partial charge is 0.317 e. The molecule has 190 valence electrons. The number of nitrogens with zero attached hydrogens (tertiary/aromatic N) is 1. The molecule has 0 unspecified atom stereocenters. The maximum absolute atomic E-state index is 13.8. The first-order valence-corrected chi connectivity index (χ1v) is 12.7. The first kappa shape index (κ1) is 25.8. The van der Waals surface area contributed by atoms with E-state index in [-0.39, 0.29) is 35.5 Å². The van der Waals surface area contributed by atoms with E-state index in [0.29, 0.717) is 26.2 Å². The molecule has 0 aliphatic carbocycles. The van der Waals surface area contributed by atoms with Crippen molar-refractivity contribution in [2.45, 2.75) is 45.7 Å². The molecule has 4 nitrogen and oxygen atoms in total. The molecule has 0 saturated carbocycles. The lowest BCUT2D eigenvalue weighted by Gasteiger charge is -2.43. The molecule has 0 radical (unpaired) electrons. The number of aryl methyl sites for hydroxylation is 2. The highest BCUT2D eigenvalue weighted by Gasteiger charge is 2.37. The number of hydrogen-bond donors (Lipinski definition) is 2. The van der Waals surface area contributed by atoms with Crippen molar-refractivity contribution in [3.63, 3.8) is 0 Å². The summed E-state index contributed by atoms with van der Waals surface area (Å²) in [6.45, 7) is 8.57. The van der Waals surface area contributed by atoms with Gasteiger partial charge in [0.2, 0.25) is 0 Å². The zero-order valence-corrected chi connectivity index (χ0v) is 21.2. The van der Waals surface area contributed by atoms with E-state index in [9.17, 15) is 13.6 Å². The summed E-state index contributed by atoms with van der Waals surface area (Å²) in [5.41, 5.74) is 5.57. The second kappa shape index (κ2) is 11.7. The Balaban J connectivity index is 1.69. The first-order valence-electron chi connectivity index (χ1n) is 12.7. The fourth-order valence-electron chi connectivity index (χ4n) is 5.47. The number of piperidine rings is 1. The summed E-state index contributed by atoms with van der Waals surface area (Å²) in [5.74, 6) is -0.731. The number of likely N-dealkylation sites (tertiary alicyclic amines) is 1. The fraction of sp³-hybridized carbons (Fsp3) is 0.367. The number of amides is 2. The molecule has 1 fully saturated rings. The van der Waals surface area contributed by atoms with Gasteiger partial charge in [-0.2, -0.15) is 0 Å². The van der Waals surface area contributed by atoms with Gasteiger partial charge >= 0.3 is 6.03 Å². The predicted molar refractivity (Wildman–Crippen MR) is 140 cm³/mol. The zero-order chi connectivity index (χ0) is 25.7. The fourth-order valence-corrected chi connectivity index (χ4v) is 5.47. The van der Waals surface area contributed by atoms with Crippen molar-refractivity contribution in [3.8, 4) is 0 Å². The van der Waals surface area contributed by atoms with Crippen LogP contribution >= 0.6 is 0 Å². The van der Waals surface area contributed by atoms with Crippen LogP contribution in [-0.2, 0) is 6.54 Å². The summed E-state index contributed by atoms with van der Waals surface area (Å²) in [5, 5.41) is 6.69. The average Bonchev–Trinajstić information content (AvgIpc) is 2.85. The predicted octanol–water partition coefficient (Wildman–Crippen LogP) is 5.92. The highest BCUT2D eigenvalue weighted by Crippen LogP contribution is 2.38. The SMILES string of the molecule is CCNC(=O)N1CC[C@@H](NCc2cc(C)cc(C)c2)[C@@H](C(c2ccc(F)cc2)c2ccc(F)cc2)C1. The van der Waals surface area contributed by atoms with Gasteiger partial charge in [-0.05, 0) is 68.1 Å². The normalized spacial score (nSPS) is 17.9. The Bertz CT molecular complexity index is 1100. The van der Waals surface area contributed by atoms with Crippen LogP contribution in [0.5, 0.6) is 0 Å². The van der Waals surface area contributed by atoms with Gasteiger partial charge < -0.3 is 15.5 Å². The molecule has 1 heterocycles. The molecule has 2 amide bonds. The molecule has 4 rings (SSSR count). The lowest BCUT2D eigenvalue weighted by molar-refractivity contribution is 0.135. The Kier molecular flexibility index (Phi) is 8.36. The first-order chi connectivity index (χ1) is 17.3. The van der Waals surface area contributed by atoms with Gasteiger partial charge in [-0.1, -0.05) is 53.6 Å². The van der Waals surface area contributed by atoms with Gasteiger partial charge in [-0.15, -0.1) is 0 Å². The van der Waals surface area contributed by atoms with Crippen molar-refractivity contribution in [2.24, 2.45) is 5.92 Å². The van der Waals surface area contributed by atoms with E-state index in [1.807, 2.05) is 11.8 Å². The standard InChI is InChI=1S/C30H35F2N3O/c1-4-33-30(36)35-14-13-28(34-18-22-16-20(2)15-21(3)17-22)27(19-35)29(23-5-9-25(31)10-6-23)24-7-11-26(32)12-8-24/h5-12,15-17,27-29,34H,4,13-14,18-19H2,1-3H3,(H,33,36)/t27-,28+/m0/s1.